The Morgan fingerprint density at radius 2 is 2.25 bits per heavy atom. The Balaban J connectivity index is 2.52. The summed E-state index contributed by atoms with van der Waals surface area (Å²) in [5.74, 6) is -0.0469. The van der Waals surface area contributed by atoms with Gasteiger partial charge in [0.2, 0.25) is 5.91 Å². The summed E-state index contributed by atoms with van der Waals surface area (Å²) in [6, 6.07) is 4.91. The zero-order chi connectivity index (χ0) is 12.0. The van der Waals surface area contributed by atoms with Gasteiger partial charge in [-0.25, -0.2) is 0 Å². The van der Waals surface area contributed by atoms with Crippen LogP contribution in [0.25, 0.3) is 0 Å². The van der Waals surface area contributed by atoms with Crippen LogP contribution in [0.4, 0.5) is 5.69 Å². The smallest absolute Gasteiger partial charge is 0.225 e. The molecule has 1 amide bonds. The van der Waals surface area contributed by atoms with E-state index >= 15 is 0 Å². The molecule has 1 rings (SSSR count). The Bertz CT molecular complexity index is 369. The first-order valence-electron chi connectivity index (χ1n) is 5.12. The second-order valence-corrected chi connectivity index (χ2v) is 4.23. The first kappa shape index (κ1) is 13.0. The molecule has 0 saturated heterocycles. The van der Waals surface area contributed by atoms with Gasteiger partial charge in [-0.05, 0) is 24.7 Å². The Morgan fingerprint density at radius 3 is 2.94 bits per heavy atom. The van der Waals surface area contributed by atoms with Gasteiger partial charge in [-0.2, -0.15) is 0 Å². The van der Waals surface area contributed by atoms with Crippen molar-refractivity contribution >= 4 is 27.5 Å². The van der Waals surface area contributed by atoms with Crippen molar-refractivity contribution in [3.63, 3.8) is 0 Å². The van der Waals surface area contributed by atoms with Crippen LogP contribution in [0.2, 0.25) is 0 Å². The molecule has 16 heavy (non-hydrogen) atoms. The van der Waals surface area contributed by atoms with Gasteiger partial charge in [-0.3, -0.25) is 4.79 Å². The minimum absolute atomic E-state index is 0.0694. The number of phenols is 1. The Kier molecular flexibility index (Phi) is 5.28. The third kappa shape index (κ3) is 4.20. The fourth-order valence-electron chi connectivity index (χ4n) is 1.20. The third-order valence-electron chi connectivity index (χ3n) is 2.01. The van der Waals surface area contributed by atoms with Crippen molar-refractivity contribution in [2.24, 2.45) is 0 Å². The van der Waals surface area contributed by atoms with E-state index in [1.165, 1.54) is 6.07 Å². The second-order valence-electron chi connectivity index (χ2n) is 3.31. The highest BCUT2D eigenvalue weighted by Gasteiger charge is 2.06. The Hall–Kier alpha value is -1.07. The van der Waals surface area contributed by atoms with Gasteiger partial charge in [0, 0.05) is 17.4 Å². The molecule has 1 aromatic rings. The van der Waals surface area contributed by atoms with Gasteiger partial charge in [0.15, 0.2) is 0 Å². The number of anilines is 1. The monoisotopic (exact) mass is 286 g/mol. The molecule has 0 aromatic heterocycles. The van der Waals surface area contributed by atoms with Crippen LogP contribution in [0, 0.1) is 0 Å². The van der Waals surface area contributed by atoms with E-state index in [-0.39, 0.29) is 11.7 Å². The minimum Gasteiger partial charge on any atom is -0.506 e. The lowest BCUT2D eigenvalue weighted by Crippen LogP contribution is -2.21. The van der Waals surface area contributed by atoms with Crippen LogP contribution >= 0.6 is 15.9 Å². The van der Waals surface area contributed by atoms with Crippen LogP contribution in [-0.4, -0.2) is 24.1 Å². The lowest BCUT2D eigenvalue weighted by atomic mass is 10.3. The van der Waals surface area contributed by atoms with E-state index in [2.05, 4.69) is 26.6 Å². The van der Waals surface area contributed by atoms with E-state index in [0.717, 1.165) is 11.0 Å². The maximum atomic E-state index is 11.5. The van der Waals surface area contributed by atoms with Crippen LogP contribution < -0.4 is 10.6 Å². The van der Waals surface area contributed by atoms with Gasteiger partial charge in [0.1, 0.15) is 5.75 Å². The predicted molar refractivity (Wildman–Crippen MR) is 67.6 cm³/mol. The van der Waals surface area contributed by atoms with E-state index in [1.54, 1.807) is 12.1 Å². The standard InChI is InChI=1S/C11H15BrN2O2/c1-2-13-6-5-11(16)14-9-7-8(12)3-4-10(9)15/h3-4,7,13,15H,2,5-6H2,1H3,(H,14,16). The summed E-state index contributed by atoms with van der Waals surface area (Å²) in [6.45, 7) is 3.46. The van der Waals surface area contributed by atoms with Crippen molar-refractivity contribution in [3.8, 4) is 5.75 Å². The number of nitrogens with one attached hydrogen (secondary N) is 2. The van der Waals surface area contributed by atoms with Crippen LogP contribution in [0.3, 0.4) is 0 Å². The molecule has 4 nitrogen and oxygen atoms in total. The van der Waals surface area contributed by atoms with Crippen molar-refractivity contribution in [3.05, 3.63) is 22.7 Å². The molecule has 3 N–H and O–H groups in total. The maximum Gasteiger partial charge on any atom is 0.225 e. The maximum absolute atomic E-state index is 11.5. The van der Waals surface area contributed by atoms with E-state index in [1.807, 2.05) is 6.92 Å². The van der Waals surface area contributed by atoms with Gasteiger partial charge in [0.05, 0.1) is 5.69 Å². The lowest BCUT2D eigenvalue weighted by Gasteiger charge is -2.07. The lowest BCUT2D eigenvalue weighted by molar-refractivity contribution is -0.116. The average Bonchev–Trinajstić information content (AvgIpc) is 2.24. The number of hydrogen-bond acceptors (Lipinski definition) is 3. The first-order valence-corrected chi connectivity index (χ1v) is 5.92. The van der Waals surface area contributed by atoms with E-state index < -0.39 is 0 Å². The summed E-state index contributed by atoms with van der Waals surface area (Å²) in [4.78, 5) is 11.5. The van der Waals surface area contributed by atoms with Crippen LogP contribution in [0.15, 0.2) is 22.7 Å². The largest absolute Gasteiger partial charge is 0.506 e. The molecule has 0 aliphatic carbocycles. The van der Waals surface area contributed by atoms with Gasteiger partial charge >= 0.3 is 0 Å². The fourth-order valence-corrected chi connectivity index (χ4v) is 1.56. The fraction of sp³-hybridized carbons (Fsp3) is 0.364. The quantitative estimate of drug-likeness (QED) is 0.574. The predicted octanol–water partition coefficient (Wildman–Crippen LogP) is 2.09. The highest BCUT2D eigenvalue weighted by atomic mass is 79.9. The van der Waals surface area contributed by atoms with E-state index in [0.29, 0.717) is 18.7 Å². The molecule has 0 bridgehead atoms. The van der Waals surface area contributed by atoms with Gasteiger partial charge in [-0.15, -0.1) is 0 Å². The van der Waals surface area contributed by atoms with Crippen LogP contribution in [0.5, 0.6) is 5.75 Å². The normalized spacial score (nSPS) is 10.1. The molecule has 1 aromatic carbocycles. The molecule has 0 radical (unpaired) electrons. The number of benzene rings is 1. The number of amides is 1. The number of carbonyl (C=O) groups is 1. The summed E-state index contributed by atoms with van der Waals surface area (Å²) >= 11 is 3.28. The summed E-state index contributed by atoms with van der Waals surface area (Å²) in [6.07, 6.45) is 0.389. The molecule has 0 atom stereocenters. The summed E-state index contributed by atoms with van der Waals surface area (Å²) in [5.41, 5.74) is 0.427. The molecule has 0 fully saturated rings. The molecule has 0 heterocycles. The highest BCUT2D eigenvalue weighted by molar-refractivity contribution is 9.10. The SMILES string of the molecule is CCNCCC(=O)Nc1cc(Br)ccc1O. The summed E-state index contributed by atoms with van der Waals surface area (Å²) < 4.78 is 0.812. The third-order valence-corrected chi connectivity index (χ3v) is 2.50. The van der Waals surface area contributed by atoms with E-state index in [4.69, 9.17) is 0 Å². The molecule has 0 unspecified atom stereocenters. The summed E-state index contributed by atoms with van der Waals surface area (Å²) in [7, 11) is 0. The van der Waals surface area contributed by atoms with E-state index in [9.17, 15) is 9.90 Å². The minimum atomic E-state index is -0.116. The van der Waals surface area contributed by atoms with Crippen molar-refractivity contribution in [1.82, 2.24) is 5.32 Å². The molecule has 0 saturated carbocycles. The van der Waals surface area contributed by atoms with Crippen molar-refractivity contribution < 1.29 is 9.90 Å². The molecule has 0 aliphatic rings. The van der Waals surface area contributed by atoms with Gasteiger partial charge < -0.3 is 15.7 Å². The molecular formula is C11H15BrN2O2. The highest BCUT2D eigenvalue weighted by Crippen LogP contribution is 2.26. The number of rotatable bonds is 5. The summed E-state index contributed by atoms with van der Waals surface area (Å²) in [5, 5.41) is 15.2. The van der Waals surface area contributed by atoms with Crippen LogP contribution in [0.1, 0.15) is 13.3 Å². The van der Waals surface area contributed by atoms with Crippen molar-refractivity contribution in [2.75, 3.05) is 18.4 Å². The first-order chi connectivity index (χ1) is 7.63. The molecule has 5 heteroatoms. The molecular weight excluding hydrogens is 272 g/mol. The van der Waals surface area contributed by atoms with Crippen molar-refractivity contribution in [2.45, 2.75) is 13.3 Å². The Morgan fingerprint density at radius 1 is 1.50 bits per heavy atom. The van der Waals surface area contributed by atoms with Gasteiger partial charge in [-0.1, -0.05) is 22.9 Å². The zero-order valence-corrected chi connectivity index (χ0v) is 10.7. The second kappa shape index (κ2) is 6.50. The average molecular weight is 287 g/mol. The molecule has 88 valence electrons. The number of hydrogen-bond donors (Lipinski definition) is 3. The number of halogens is 1. The Labute approximate surface area is 103 Å². The van der Waals surface area contributed by atoms with Crippen LogP contribution in [-0.2, 0) is 4.79 Å². The van der Waals surface area contributed by atoms with Crippen molar-refractivity contribution in [1.29, 1.82) is 0 Å². The molecule has 0 spiro atoms. The number of carbonyl (C=O) groups excluding carboxylic acids is 1. The molecule has 0 aliphatic heterocycles. The number of aromatic hydroxyl groups is 1. The number of phenolic OH excluding ortho intramolecular Hbond substituents is 1. The zero-order valence-electron chi connectivity index (χ0n) is 9.09. The topological polar surface area (TPSA) is 61.4 Å². The van der Waals surface area contributed by atoms with Gasteiger partial charge in [0.25, 0.3) is 0 Å².